The van der Waals surface area contributed by atoms with Crippen molar-refractivity contribution >= 4 is 17.7 Å². The zero-order chi connectivity index (χ0) is 16.4. The van der Waals surface area contributed by atoms with Gasteiger partial charge in [-0.05, 0) is 42.2 Å². The molecule has 2 heterocycles. The number of hydrogen-bond acceptors (Lipinski definition) is 4. The summed E-state index contributed by atoms with van der Waals surface area (Å²) in [5, 5.41) is 2.70. The number of nitrogens with zero attached hydrogens (tertiary/aromatic N) is 1. The van der Waals surface area contributed by atoms with Gasteiger partial charge < -0.3 is 9.73 Å². The number of nitrogens with one attached hydrogen (secondary N) is 1. The highest BCUT2D eigenvalue weighted by molar-refractivity contribution is 6.08. The number of rotatable bonds is 4. The summed E-state index contributed by atoms with van der Waals surface area (Å²) in [7, 11) is 0. The van der Waals surface area contributed by atoms with E-state index in [0.717, 1.165) is 6.42 Å². The van der Waals surface area contributed by atoms with E-state index >= 15 is 0 Å². The maximum atomic E-state index is 12.7. The number of imide groups is 1. The Morgan fingerprint density at radius 2 is 1.83 bits per heavy atom. The molecule has 1 N–H and O–H groups in total. The molecule has 2 bridgehead atoms. The van der Waals surface area contributed by atoms with Gasteiger partial charge in [0.1, 0.15) is 12.3 Å². The van der Waals surface area contributed by atoms with Gasteiger partial charge in [0.15, 0.2) is 0 Å². The summed E-state index contributed by atoms with van der Waals surface area (Å²) in [5.41, 5.74) is 0. The zero-order valence-electron chi connectivity index (χ0n) is 13.1. The number of allylic oxidation sites excluding steroid dienone is 2. The first kappa shape index (κ1) is 14.0. The lowest BCUT2D eigenvalue weighted by molar-refractivity contribution is -0.143. The second-order valence-electron chi connectivity index (χ2n) is 7.27. The van der Waals surface area contributed by atoms with Gasteiger partial charge in [-0.1, -0.05) is 12.2 Å². The van der Waals surface area contributed by atoms with Gasteiger partial charge >= 0.3 is 0 Å². The molecule has 3 amide bonds. The lowest BCUT2D eigenvalue weighted by Crippen LogP contribution is -2.41. The van der Waals surface area contributed by atoms with E-state index in [1.807, 2.05) is 0 Å². The Bertz CT molecular complexity index is 717. The lowest BCUT2D eigenvalue weighted by Gasteiger charge is -2.37. The molecule has 1 aromatic heterocycles. The summed E-state index contributed by atoms with van der Waals surface area (Å²) < 4.78 is 5.16. The fourth-order valence-electron chi connectivity index (χ4n) is 4.97. The van der Waals surface area contributed by atoms with E-state index in [0.29, 0.717) is 17.6 Å². The number of likely N-dealkylation sites (tertiary alicyclic amines) is 1. The second-order valence-corrected chi connectivity index (χ2v) is 7.27. The van der Waals surface area contributed by atoms with Gasteiger partial charge in [-0.25, -0.2) is 0 Å². The topological polar surface area (TPSA) is 79.6 Å². The van der Waals surface area contributed by atoms with E-state index in [9.17, 15) is 14.4 Å². The second kappa shape index (κ2) is 4.82. The van der Waals surface area contributed by atoms with Gasteiger partial charge in [-0.2, -0.15) is 0 Å². The quantitative estimate of drug-likeness (QED) is 0.660. The van der Waals surface area contributed by atoms with Crippen molar-refractivity contribution in [2.45, 2.75) is 13.0 Å². The van der Waals surface area contributed by atoms with Crippen LogP contribution >= 0.6 is 0 Å². The first-order chi connectivity index (χ1) is 11.6. The maximum Gasteiger partial charge on any atom is 0.240 e. The van der Waals surface area contributed by atoms with Gasteiger partial charge in [0.25, 0.3) is 0 Å². The molecule has 1 saturated heterocycles. The average Bonchev–Trinajstić information content (AvgIpc) is 3.19. The minimum Gasteiger partial charge on any atom is -0.467 e. The summed E-state index contributed by atoms with van der Waals surface area (Å²) in [6.45, 7) is 0.0615. The summed E-state index contributed by atoms with van der Waals surface area (Å²) in [6, 6.07) is 3.50. The number of furan rings is 1. The summed E-state index contributed by atoms with van der Waals surface area (Å²) in [5.74, 6) is 1.02. The highest BCUT2D eigenvalue weighted by atomic mass is 16.3. The van der Waals surface area contributed by atoms with Crippen LogP contribution in [0.3, 0.4) is 0 Å². The molecule has 3 fully saturated rings. The molecular weight excluding hydrogens is 308 g/mol. The molecule has 6 rings (SSSR count). The Morgan fingerprint density at radius 1 is 1.17 bits per heavy atom. The van der Waals surface area contributed by atoms with Crippen LogP contribution in [0.4, 0.5) is 0 Å². The summed E-state index contributed by atoms with van der Waals surface area (Å²) >= 11 is 0. The number of carbonyl (C=O) groups excluding carboxylic acids is 3. The van der Waals surface area contributed by atoms with Gasteiger partial charge in [-0.15, -0.1) is 0 Å². The van der Waals surface area contributed by atoms with Crippen molar-refractivity contribution in [1.82, 2.24) is 10.2 Å². The van der Waals surface area contributed by atoms with Crippen LogP contribution in [0.25, 0.3) is 0 Å². The number of hydrogen-bond donors (Lipinski definition) is 1. The Balaban J connectivity index is 1.29. The third-order valence-electron chi connectivity index (χ3n) is 6.10. The van der Waals surface area contributed by atoms with Crippen molar-refractivity contribution in [2.24, 2.45) is 35.5 Å². The smallest absolute Gasteiger partial charge is 0.240 e. The minimum atomic E-state index is -0.336. The molecular formula is C18H18N2O4. The summed E-state index contributed by atoms with van der Waals surface area (Å²) in [6.07, 6.45) is 6.94. The van der Waals surface area contributed by atoms with Crippen molar-refractivity contribution in [1.29, 1.82) is 0 Å². The Labute approximate surface area is 138 Å². The van der Waals surface area contributed by atoms with Crippen molar-refractivity contribution in [3.63, 3.8) is 0 Å². The van der Waals surface area contributed by atoms with Crippen LogP contribution in [0.2, 0.25) is 0 Å². The molecule has 0 aromatic carbocycles. The van der Waals surface area contributed by atoms with Crippen molar-refractivity contribution < 1.29 is 18.8 Å². The van der Waals surface area contributed by atoms with Crippen LogP contribution in [0.5, 0.6) is 0 Å². The predicted octanol–water partition coefficient (Wildman–Crippen LogP) is 0.949. The number of amides is 3. The Morgan fingerprint density at radius 3 is 2.42 bits per heavy atom. The van der Waals surface area contributed by atoms with Crippen LogP contribution < -0.4 is 5.32 Å². The van der Waals surface area contributed by atoms with E-state index in [4.69, 9.17) is 4.42 Å². The van der Waals surface area contributed by atoms with Crippen LogP contribution in [-0.4, -0.2) is 29.2 Å². The van der Waals surface area contributed by atoms with Crippen molar-refractivity contribution in [2.75, 3.05) is 6.54 Å². The van der Waals surface area contributed by atoms with E-state index in [-0.39, 0.29) is 54.5 Å². The Hall–Kier alpha value is -2.37. The molecule has 6 heteroatoms. The molecule has 2 saturated carbocycles. The summed E-state index contributed by atoms with van der Waals surface area (Å²) in [4.78, 5) is 38.8. The van der Waals surface area contributed by atoms with Gasteiger partial charge in [0.05, 0.1) is 24.6 Å². The van der Waals surface area contributed by atoms with Crippen LogP contribution in [0.15, 0.2) is 35.0 Å². The molecule has 6 atom stereocenters. The van der Waals surface area contributed by atoms with Crippen molar-refractivity contribution in [3.05, 3.63) is 36.3 Å². The monoisotopic (exact) mass is 326 g/mol. The fourth-order valence-corrected chi connectivity index (χ4v) is 4.97. The SMILES string of the molecule is O=C(CN1C(=O)[C@@H]2[C@H]3C=C[C@@H]([C@@H]4C[C@H]34)[C@@H]2C1=O)NCc1ccco1. The van der Waals surface area contributed by atoms with E-state index in [1.54, 1.807) is 12.1 Å². The van der Waals surface area contributed by atoms with Gasteiger partial charge in [-0.3, -0.25) is 19.3 Å². The van der Waals surface area contributed by atoms with Crippen LogP contribution in [0.1, 0.15) is 12.2 Å². The normalized spacial score (nSPS) is 38.2. The first-order valence-corrected chi connectivity index (χ1v) is 8.48. The third kappa shape index (κ3) is 1.85. The minimum absolute atomic E-state index is 0.164. The molecule has 24 heavy (non-hydrogen) atoms. The number of carbonyl (C=O) groups is 3. The standard InChI is InChI=1S/C18H18N2O4/c21-14(19-7-9-2-1-5-24-9)8-20-17(22)15-10-3-4-11(13-6-12(10)13)16(15)18(20)23/h1-5,10-13,15-16H,6-8H2,(H,19,21)/t10-,11-,12-,13+,15-,16+/m0/s1. The predicted molar refractivity (Wildman–Crippen MR) is 82.0 cm³/mol. The van der Waals surface area contributed by atoms with Crippen LogP contribution in [0, 0.1) is 35.5 Å². The maximum absolute atomic E-state index is 12.7. The molecule has 6 nitrogen and oxygen atoms in total. The fraction of sp³-hybridized carbons (Fsp3) is 0.500. The average molecular weight is 326 g/mol. The largest absolute Gasteiger partial charge is 0.467 e. The Kier molecular flexibility index (Phi) is 2.81. The lowest BCUT2D eigenvalue weighted by atomic mass is 9.63. The first-order valence-electron chi connectivity index (χ1n) is 8.48. The zero-order valence-corrected chi connectivity index (χ0v) is 13.1. The highest BCUT2D eigenvalue weighted by Gasteiger charge is 2.67. The molecule has 124 valence electrons. The molecule has 4 aliphatic carbocycles. The van der Waals surface area contributed by atoms with E-state index in [2.05, 4.69) is 17.5 Å². The molecule has 1 aliphatic heterocycles. The molecule has 1 aromatic rings. The molecule has 0 radical (unpaired) electrons. The third-order valence-corrected chi connectivity index (χ3v) is 6.10. The van der Waals surface area contributed by atoms with Gasteiger partial charge in [0.2, 0.25) is 17.7 Å². The molecule has 0 unspecified atom stereocenters. The van der Waals surface area contributed by atoms with E-state index in [1.165, 1.54) is 11.2 Å². The van der Waals surface area contributed by atoms with Crippen molar-refractivity contribution in [3.8, 4) is 0 Å². The molecule has 5 aliphatic rings. The van der Waals surface area contributed by atoms with E-state index < -0.39 is 0 Å². The van der Waals surface area contributed by atoms with Gasteiger partial charge in [0, 0.05) is 0 Å². The van der Waals surface area contributed by atoms with Crippen LogP contribution in [-0.2, 0) is 20.9 Å². The molecule has 0 spiro atoms. The highest BCUT2D eigenvalue weighted by Crippen LogP contribution is 2.65.